The molecule has 0 amide bonds. The number of hydrogen-bond acceptors (Lipinski definition) is 2. The maximum Gasteiger partial charge on any atom is 0.0652 e. The first kappa shape index (κ1) is 12.6. The van der Waals surface area contributed by atoms with Crippen molar-refractivity contribution in [2.24, 2.45) is 40.9 Å². The van der Waals surface area contributed by atoms with Gasteiger partial charge in [0.25, 0.3) is 0 Å². The van der Waals surface area contributed by atoms with E-state index in [0.29, 0.717) is 23.4 Å². The molecule has 0 aliphatic heterocycles. The van der Waals surface area contributed by atoms with Crippen molar-refractivity contribution in [3.05, 3.63) is 0 Å². The summed E-state index contributed by atoms with van der Waals surface area (Å²) in [5, 5.41) is 10.4. The Hall–Kier alpha value is -0.0800. The Kier molecular flexibility index (Phi) is 2.25. The monoisotopic (exact) mass is 264 g/mol. The zero-order valence-electron chi connectivity index (χ0n) is 12.9. The fourth-order valence-electron chi connectivity index (χ4n) is 6.40. The number of aliphatic hydroxyl groups is 1. The van der Waals surface area contributed by atoms with Crippen molar-refractivity contribution in [2.75, 3.05) is 0 Å². The molecule has 1 N–H and O–H groups in total. The molecular weight excluding hydrogens is 236 g/mol. The summed E-state index contributed by atoms with van der Waals surface area (Å²) in [7, 11) is 0. The van der Waals surface area contributed by atoms with Crippen molar-refractivity contribution < 1.29 is 9.84 Å². The normalized spacial score (nSPS) is 62.2. The molecule has 0 aromatic carbocycles. The molecule has 0 aromatic rings. The molecule has 108 valence electrons. The van der Waals surface area contributed by atoms with E-state index in [-0.39, 0.29) is 11.7 Å². The first-order valence-corrected chi connectivity index (χ1v) is 8.10. The zero-order chi connectivity index (χ0) is 13.7. The van der Waals surface area contributed by atoms with Crippen LogP contribution in [-0.2, 0) is 4.74 Å². The van der Waals surface area contributed by atoms with Gasteiger partial charge in [-0.2, -0.15) is 0 Å². The Bertz CT molecular complexity index is 412. The highest BCUT2D eigenvalue weighted by molar-refractivity contribution is 5.30. The van der Waals surface area contributed by atoms with Crippen molar-refractivity contribution in [2.45, 2.75) is 65.3 Å². The molecule has 0 spiro atoms. The fraction of sp³-hybridized carbons (Fsp3) is 1.00. The maximum absolute atomic E-state index is 10.4. The minimum Gasteiger partial charge on any atom is -0.393 e. The maximum atomic E-state index is 10.4. The average molecular weight is 264 g/mol. The van der Waals surface area contributed by atoms with Crippen LogP contribution in [0.5, 0.6) is 0 Å². The molecule has 5 saturated carbocycles. The molecule has 0 heterocycles. The summed E-state index contributed by atoms with van der Waals surface area (Å²) in [5.74, 6) is 4.63. The highest BCUT2D eigenvalue weighted by Crippen LogP contribution is 2.84. The molecule has 5 rings (SSSR count). The van der Waals surface area contributed by atoms with Crippen LogP contribution >= 0.6 is 0 Å². The Balaban J connectivity index is 1.67. The molecule has 5 aliphatic rings. The molecule has 2 nitrogen and oxygen atoms in total. The molecule has 5 fully saturated rings. The molecule has 2 heteroatoms. The summed E-state index contributed by atoms with van der Waals surface area (Å²) in [6.45, 7) is 11.2. The van der Waals surface area contributed by atoms with Gasteiger partial charge in [0.2, 0.25) is 0 Å². The average Bonchev–Trinajstić information content (AvgIpc) is 2.80. The number of aliphatic hydroxyl groups excluding tert-OH is 1. The minimum atomic E-state index is -0.0897. The lowest BCUT2D eigenvalue weighted by atomic mass is 9.75. The second kappa shape index (κ2) is 3.39. The van der Waals surface area contributed by atoms with E-state index in [0.717, 1.165) is 30.1 Å². The zero-order valence-corrected chi connectivity index (χ0v) is 12.9. The van der Waals surface area contributed by atoms with Gasteiger partial charge in [0.15, 0.2) is 0 Å². The highest BCUT2D eigenvalue weighted by atomic mass is 16.5. The van der Waals surface area contributed by atoms with Crippen LogP contribution < -0.4 is 0 Å². The second-order valence-electron chi connectivity index (χ2n) is 9.06. The van der Waals surface area contributed by atoms with E-state index in [1.807, 2.05) is 0 Å². The van der Waals surface area contributed by atoms with Crippen LogP contribution in [0.1, 0.15) is 47.5 Å². The Morgan fingerprint density at radius 1 is 1.16 bits per heavy atom. The first-order chi connectivity index (χ1) is 8.74. The van der Waals surface area contributed by atoms with Crippen LogP contribution in [0.3, 0.4) is 0 Å². The van der Waals surface area contributed by atoms with Gasteiger partial charge in [-0.1, -0.05) is 13.8 Å². The molecule has 9 atom stereocenters. The predicted octanol–water partition coefficient (Wildman–Crippen LogP) is 3.09. The summed E-state index contributed by atoms with van der Waals surface area (Å²) >= 11 is 0. The molecular formula is C17H28O2. The van der Waals surface area contributed by atoms with E-state index in [1.165, 1.54) is 6.42 Å². The quantitative estimate of drug-likeness (QED) is 0.788. The Labute approximate surface area is 116 Å². The summed E-state index contributed by atoms with van der Waals surface area (Å²) in [5.41, 5.74) is 0.332. The van der Waals surface area contributed by atoms with Gasteiger partial charge >= 0.3 is 0 Å². The standard InChI is InChI=1S/C17H28O2/c1-8-6-9-11-12-14(11)17(5,7-10(8)18)13(9)15(12)19-16(2,3)4/h8-15,18H,6-7H2,1-5H3/t8-,9+,10-,11-,12+,13+,14-,15-,17+/m1/s1. The van der Waals surface area contributed by atoms with Crippen molar-refractivity contribution in [1.82, 2.24) is 0 Å². The lowest BCUT2D eigenvalue weighted by Gasteiger charge is -2.35. The van der Waals surface area contributed by atoms with E-state index in [9.17, 15) is 5.11 Å². The summed E-state index contributed by atoms with van der Waals surface area (Å²) in [6.07, 6.45) is 2.62. The predicted molar refractivity (Wildman–Crippen MR) is 74.6 cm³/mol. The van der Waals surface area contributed by atoms with Gasteiger partial charge in [0, 0.05) is 0 Å². The molecule has 0 unspecified atom stereocenters. The Morgan fingerprint density at radius 3 is 2.47 bits per heavy atom. The third-order valence-corrected chi connectivity index (χ3v) is 6.78. The van der Waals surface area contributed by atoms with Crippen molar-refractivity contribution >= 4 is 0 Å². The lowest BCUT2D eigenvalue weighted by molar-refractivity contribution is -0.0907. The van der Waals surface area contributed by atoms with Crippen LogP contribution in [-0.4, -0.2) is 22.9 Å². The van der Waals surface area contributed by atoms with Gasteiger partial charge in [0.1, 0.15) is 0 Å². The van der Waals surface area contributed by atoms with E-state index in [1.54, 1.807) is 0 Å². The number of hydrogen-bond donors (Lipinski definition) is 1. The lowest BCUT2D eigenvalue weighted by Crippen LogP contribution is -2.36. The molecule has 0 aromatic heterocycles. The van der Waals surface area contributed by atoms with E-state index >= 15 is 0 Å². The van der Waals surface area contributed by atoms with E-state index in [4.69, 9.17) is 4.74 Å². The van der Waals surface area contributed by atoms with Gasteiger partial charge < -0.3 is 9.84 Å². The molecule has 6 bridgehead atoms. The van der Waals surface area contributed by atoms with Crippen LogP contribution in [0, 0.1) is 40.9 Å². The van der Waals surface area contributed by atoms with Crippen LogP contribution in [0.2, 0.25) is 0 Å². The number of ether oxygens (including phenoxy) is 1. The highest BCUT2D eigenvalue weighted by Gasteiger charge is 2.83. The molecule has 0 radical (unpaired) electrons. The topological polar surface area (TPSA) is 29.5 Å². The van der Waals surface area contributed by atoms with Gasteiger partial charge in [-0.3, -0.25) is 0 Å². The third kappa shape index (κ3) is 1.45. The van der Waals surface area contributed by atoms with Gasteiger partial charge in [-0.25, -0.2) is 0 Å². The molecule has 19 heavy (non-hydrogen) atoms. The van der Waals surface area contributed by atoms with E-state index in [2.05, 4.69) is 34.6 Å². The SMILES string of the molecule is C[C@@H]1C[C@H]2[C@@H]3[C@@H]4[C@@H](OC(C)(C)C)[C@H]2[C@](C)(C[C@H]1O)[C@H]34. The fourth-order valence-corrected chi connectivity index (χ4v) is 6.40. The van der Waals surface area contributed by atoms with Crippen LogP contribution in [0.15, 0.2) is 0 Å². The van der Waals surface area contributed by atoms with Gasteiger partial charge in [-0.05, 0) is 74.5 Å². The third-order valence-electron chi connectivity index (χ3n) is 6.78. The van der Waals surface area contributed by atoms with E-state index < -0.39 is 0 Å². The summed E-state index contributed by atoms with van der Waals surface area (Å²) in [6, 6.07) is 0. The van der Waals surface area contributed by atoms with Gasteiger partial charge in [-0.15, -0.1) is 0 Å². The Morgan fingerprint density at radius 2 is 1.84 bits per heavy atom. The minimum absolute atomic E-state index is 0.0287. The summed E-state index contributed by atoms with van der Waals surface area (Å²) < 4.78 is 6.45. The number of rotatable bonds is 1. The van der Waals surface area contributed by atoms with Crippen molar-refractivity contribution in [3.63, 3.8) is 0 Å². The smallest absolute Gasteiger partial charge is 0.0652 e. The summed E-state index contributed by atoms with van der Waals surface area (Å²) in [4.78, 5) is 0. The first-order valence-electron chi connectivity index (χ1n) is 8.10. The van der Waals surface area contributed by atoms with Crippen molar-refractivity contribution in [1.29, 1.82) is 0 Å². The molecule has 5 aliphatic carbocycles. The van der Waals surface area contributed by atoms with Crippen molar-refractivity contribution in [3.8, 4) is 0 Å². The van der Waals surface area contributed by atoms with Gasteiger partial charge in [0.05, 0.1) is 17.8 Å². The largest absolute Gasteiger partial charge is 0.393 e. The second-order valence-corrected chi connectivity index (χ2v) is 9.06. The molecule has 0 saturated heterocycles. The van der Waals surface area contributed by atoms with Crippen LogP contribution in [0.25, 0.3) is 0 Å². The van der Waals surface area contributed by atoms with Crippen LogP contribution in [0.4, 0.5) is 0 Å².